The van der Waals surface area contributed by atoms with Gasteiger partial charge in [0.25, 0.3) is 0 Å². The monoisotopic (exact) mass is 337 g/mol. The van der Waals surface area contributed by atoms with Crippen molar-refractivity contribution < 1.29 is 32.7 Å². The SMILES string of the molecule is CC.CCC(CC)c1ccc(C(CC)CC)cc1.[Y]. The topological polar surface area (TPSA) is 0 Å². The molecule has 0 amide bonds. The molecule has 1 heteroatoms. The van der Waals surface area contributed by atoms with Gasteiger partial charge in [0.05, 0.1) is 0 Å². The molecule has 0 atom stereocenters. The molecule has 1 radical (unpaired) electrons. The summed E-state index contributed by atoms with van der Waals surface area (Å²) in [4.78, 5) is 0. The second-order valence-electron chi connectivity index (χ2n) is 4.69. The van der Waals surface area contributed by atoms with Gasteiger partial charge in [-0.15, -0.1) is 0 Å². The zero-order valence-corrected chi connectivity index (χ0v) is 16.7. The molecule has 0 bridgehead atoms. The Bertz CT molecular complexity index is 250. The summed E-state index contributed by atoms with van der Waals surface area (Å²) in [7, 11) is 0. The van der Waals surface area contributed by atoms with Crippen LogP contribution in [0.1, 0.15) is 90.2 Å². The summed E-state index contributed by atoms with van der Waals surface area (Å²) in [5, 5.41) is 0. The molecule has 107 valence electrons. The van der Waals surface area contributed by atoms with Crippen molar-refractivity contribution in [3.05, 3.63) is 35.4 Å². The van der Waals surface area contributed by atoms with Crippen molar-refractivity contribution in [2.45, 2.75) is 79.1 Å². The van der Waals surface area contributed by atoms with Gasteiger partial charge in [-0.2, -0.15) is 0 Å². The van der Waals surface area contributed by atoms with Crippen LogP contribution < -0.4 is 0 Å². The van der Waals surface area contributed by atoms with E-state index in [1.165, 1.54) is 36.8 Å². The fourth-order valence-electron chi connectivity index (χ4n) is 2.56. The number of benzene rings is 1. The Hall–Kier alpha value is 0.324. The zero-order chi connectivity index (χ0) is 14.0. The summed E-state index contributed by atoms with van der Waals surface area (Å²) < 4.78 is 0. The molecule has 1 aromatic carbocycles. The first-order chi connectivity index (χ1) is 8.76. The zero-order valence-electron chi connectivity index (χ0n) is 13.9. The molecular formula is C18H32Y. The van der Waals surface area contributed by atoms with Gasteiger partial charge >= 0.3 is 0 Å². The van der Waals surface area contributed by atoms with Crippen molar-refractivity contribution in [1.29, 1.82) is 0 Å². The molecule has 0 N–H and O–H groups in total. The van der Waals surface area contributed by atoms with Crippen LogP contribution in [0.25, 0.3) is 0 Å². The maximum Gasteiger partial charge on any atom is 0 e. The first kappa shape index (κ1) is 21.6. The normalized spacial score (nSPS) is 9.89. The van der Waals surface area contributed by atoms with Gasteiger partial charge in [0, 0.05) is 32.7 Å². The second kappa shape index (κ2) is 13.3. The molecule has 0 aliphatic carbocycles. The van der Waals surface area contributed by atoms with Crippen molar-refractivity contribution in [2.24, 2.45) is 0 Å². The van der Waals surface area contributed by atoms with Gasteiger partial charge in [-0.05, 0) is 48.6 Å². The van der Waals surface area contributed by atoms with Gasteiger partial charge < -0.3 is 0 Å². The van der Waals surface area contributed by atoms with Crippen LogP contribution in [-0.4, -0.2) is 0 Å². The van der Waals surface area contributed by atoms with E-state index in [1.54, 1.807) is 0 Å². The third-order valence-electron chi connectivity index (χ3n) is 3.85. The van der Waals surface area contributed by atoms with Crippen molar-refractivity contribution in [3.8, 4) is 0 Å². The summed E-state index contributed by atoms with van der Waals surface area (Å²) >= 11 is 0. The van der Waals surface area contributed by atoms with E-state index >= 15 is 0 Å². The molecule has 0 spiro atoms. The first-order valence-electron chi connectivity index (χ1n) is 7.86. The van der Waals surface area contributed by atoms with E-state index in [1.807, 2.05) is 13.8 Å². The minimum absolute atomic E-state index is 0. The van der Waals surface area contributed by atoms with Crippen LogP contribution in [0, 0.1) is 0 Å². The minimum atomic E-state index is 0. The fraction of sp³-hybridized carbons (Fsp3) is 0.667. The number of hydrogen-bond donors (Lipinski definition) is 0. The van der Waals surface area contributed by atoms with Gasteiger partial charge in [0.2, 0.25) is 0 Å². The van der Waals surface area contributed by atoms with Crippen LogP contribution in [0.2, 0.25) is 0 Å². The van der Waals surface area contributed by atoms with E-state index < -0.39 is 0 Å². The van der Waals surface area contributed by atoms with Crippen molar-refractivity contribution in [3.63, 3.8) is 0 Å². The molecule has 0 unspecified atom stereocenters. The third-order valence-corrected chi connectivity index (χ3v) is 3.85. The van der Waals surface area contributed by atoms with Gasteiger partial charge in [0.1, 0.15) is 0 Å². The van der Waals surface area contributed by atoms with E-state index in [9.17, 15) is 0 Å². The number of hydrogen-bond acceptors (Lipinski definition) is 0. The smallest absolute Gasteiger partial charge is 0 e. The Balaban J connectivity index is 0. The minimum Gasteiger partial charge on any atom is -0.0683 e. The summed E-state index contributed by atoms with van der Waals surface area (Å²) in [5.74, 6) is 1.49. The van der Waals surface area contributed by atoms with Gasteiger partial charge in [-0.3, -0.25) is 0 Å². The summed E-state index contributed by atoms with van der Waals surface area (Å²) in [6, 6.07) is 9.35. The van der Waals surface area contributed by atoms with E-state index in [4.69, 9.17) is 0 Å². The van der Waals surface area contributed by atoms with Gasteiger partial charge in [-0.1, -0.05) is 65.8 Å². The quantitative estimate of drug-likeness (QED) is 0.554. The predicted molar refractivity (Wildman–Crippen MR) is 84.4 cm³/mol. The van der Waals surface area contributed by atoms with Crippen LogP contribution in [0.15, 0.2) is 24.3 Å². The molecule has 0 fully saturated rings. The Morgan fingerprint density at radius 1 is 0.632 bits per heavy atom. The molecule has 19 heavy (non-hydrogen) atoms. The van der Waals surface area contributed by atoms with Crippen LogP contribution in [0.3, 0.4) is 0 Å². The summed E-state index contributed by atoms with van der Waals surface area (Å²) in [6.45, 7) is 13.1. The average Bonchev–Trinajstić information content (AvgIpc) is 2.45. The van der Waals surface area contributed by atoms with E-state index in [0.717, 1.165) is 11.8 Å². The third kappa shape index (κ3) is 7.05. The van der Waals surface area contributed by atoms with Crippen LogP contribution in [0.4, 0.5) is 0 Å². The molecule has 0 aromatic heterocycles. The Kier molecular flexibility index (Phi) is 15.1. The maximum absolute atomic E-state index is 2.34. The van der Waals surface area contributed by atoms with Crippen molar-refractivity contribution in [2.75, 3.05) is 0 Å². The van der Waals surface area contributed by atoms with E-state index in [-0.39, 0.29) is 32.7 Å². The Morgan fingerprint density at radius 2 is 0.842 bits per heavy atom. The van der Waals surface area contributed by atoms with Crippen molar-refractivity contribution in [1.82, 2.24) is 0 Å². The molecule has 0 saturated carbocycles. The molecule has 1 rings (SSSR count). The van der Waals surface area contributed by atoms with Crippen LogP contribution in [-0.2, 0) is 32.7 Å². The molecule has 0 aliphatic heterocycles. The fourth-order valence-corrected chi connectivity index (χ4v) is 2.56. The second-order valence-corrected chi connectivity index (χ2v) is 4.69. The van der Waals surface area contributed by atoms with Crippen LogP contribution in [0.5, 0.6) is 0 Å². The molecular weight excluding hydrogens is 305 g/mol. The molecule has 0 aliphatic rings. The largest absolute Gasteiger partial charge is 0.0683 e. The summed E-state index contributed by atoms with van der Waals surface area (Å²) in [6.07, 6.45) is 5.00. The molecule has 0 saturated heterocycles. The number of rotatable bonds is 6. The molecule has 1 aromatic rings. The van der Waals surface area contributed by atoms with E-state index in [2.05, 4.69) is 52.0 Å². The van der Waals surface area contributed by atoms with Crippen LogP contribution >= 0.6 is 0 Å². The van der Waals surface area contributed by atoms with Gasteiger partial charge in [0.15, 0.2) is 0 Å². The average molecular weight is 337 g/mol. The first-order valence-corrected chi connectivity index (χ1v) is 7.86. The standard InChI is InChI=1S/C16H26.C2H6.Y/c1-5-13(6-2)15-9-11-16(12-10-15)14(7-3)8-4;1-2;/h9-14H,5-8H2,1-4H3;1-2H3;. The maximum atomic E-state index is 2.34. The summed E-state index contributed by atoms with van der Waals surface area (Å²) in [5.41, 5.74) is 3.03. The Morgan fingerprint density at radius 3 is 1.00 bits per heavy atom. The Labute approximate surface area is 146 Å². The van der Waals surface area contributed by atoms with Gasteiger partial charge in [-0.25, -0.2) is 0 Å². The van der Waals surface area contributed by atoms with E-state index in [0.29, 0.717) is 0 Å². The predicted octanol–water partition coefficient (Wildman–Crippen LogP) is 6.52. The molecule has 0 nitrogen and oxygen atoms in total. The molecule has 0 heterocycles. The van der Waals surface area contributed by atoms with Crippen molar-refractivity contribution >= 4 is 0 Å².